The highest BCUT2D eigenvalue weighted by molar-refractivity contribution is 5.92. The van der Waals surface area contributed by atoms with Crippen LogP contribution in [0.3, 0.4) is 0 Å². The van der Waals surface area contributed by atoms with Gasteiger partial charge in [-0.15, -0.1) is 0 Å². The Morgan fingerprint density at radius 1 is 1.33 bits per heavy atom. The van der Waals surface area contributed by atoms with Crippen LogP contribution in [0.15, 0.2) is 24.3 Å². The Balaban J connectivity index is 1.99. The number of hydrogen-bond donors (Lipinski definition) is 2. The maximum atomic E-state index is 12.5. The Kier molecular flexibility index (Phi) is 4.25. The zero-order chi connectivity index (χ0) is 13.0. The maximum absolute atomic E-state index is 12.5. The number of alkyl halides is 2. The molecule has 1 aliphatic rings. The molecule has 0 saturated carbocycles. The summed E-state index contributed by atoms with van der Waals surface area (Å²) < 4.78 is 25.0. The van der Waals surface area contributed by atoms with Crippen LogP contribution in [0.1, 0.15) is 24.8 Å². The van der Waals surface area contributed by atoms with Crippen LogP contribution in [0.4, 0.5) is 14.5 Å². The van der Waals surface area contributed by atoms with Crippen molar-refractivity contribution >= 4 is 11.6 Å². The van der Waals surface area contributed by atoms with Gasteiger partial charge in [0.1, 0.15) is 0 Å². The van der Waals surface area contributed by atoms with Crippen LogP contribution in [-0.2, 0) is 4.79 Å². The van der Waals surface area contributed by atoms with Crippen LogP contribution in [-0.4, -0.2) is 19.0 Å². The second-order valence-electron chi connectivity index (χ2n) is 4.44. The van der Waals surface area contributed by atoms with Crippen LogP contribution < -0.4 is 10.6 Å². The van der Waals surface area contributed by atoms with Crippen molar-refractivity contribution in [3.63, 3.8) is 0 Å². The normalized spacial score (nSPS) is 16.8. The molecule has 18 heavy (non-hydrogen) atoms. The van der Waals surface area contributed by atoms with Crippen molar-refractivity contribution in [2.75, 3.05) is 18.4 Å². The summed E-state index contributed by atoms with van der Waals surface area (Å²) in [6, 6.07) is 5.83. The summed E-state index contributed by atoms with van der Waals surface area (Å²) in [6.45, 7) is 1.66. The van der Waals surface area contributed by atoms with Crippen LogP contribution in [0.2, 0.25) is 0 Å². The van der Waals surface area contributed by atoms with E-state index in [9.17, 15) is 13.6 Å². The molecule has 1 aromatic rings. The topological polar surface area (TPSA) is 41.1 Å². The molecule has 2 N–H and O–H groups in total. The minimum absolute atomic E-state index is 0.0264. The molecule has 2 rings (SSSR count). The number of anilines is 1. The minimum atomic E-state index is -2.51. The van der Waals surface area contributed by atoms with E-state index < -0.39 is 6.43 Å². The second-order valence-corrected chi connectivity index (χ2v) is 4.44. The lowest BCUT2D eigenvalue weighted by Gasteiger charge is -2.21. The number of amides is 1. The first-order valence-electron chi connectivity index (χ1n) is 6.06. The van der Waals surface area contributed by atoms with Gasteiger partial charge in [0.05, 0.1) is 0 Å². The predicted molar refractivity (Wildman–Crippen MR) is 65.6 cm³/mol. The molecule has 0 aromatic heterocycles. The Bertz CT molecular complexity index is 417. The molecule has 0 spiro atoms. The number of halogens is 2. The summed E-state index contributed by atoms with van der Waals surface area (Å²) in [4.78, 5) is 11.9. The van der Waals surface area contributed by atoms with Crippen LogP contribution >= 0.6 is 0 Å². The number of carbonyl (C=O) groups excluding carboxylic acids is 1. The van der Waals surface area contributed by atoms with Gasteiger partial charge in [0.25, 0.3) is 6.43 Å². The van der Waals surface area contributed by atoms with E-state index in [1.165, 1.54) is 18.2 Å². The number of rotatable bonds is 3. The lowest BCUT2D eigenvalue weighted by atomic mass is 9.97. The molecule has 3 nitrogen and oxygen atoms in total. The third-order valence-corrected chi connectivity index (χ3v) is 3.12. The maximum Gasteiger partial charge on any atom is 0.263 e. The zero-order valence-corrected chi connectivity index (χ0v) is 9.96. The van der Waals surface area contributed by atoms with Gasteiger partial charge in [0.15, 0.2) is 0 Å². The zero-order valence-electron chi connectivity index (χ0n) is 9.96. The fourth-order valence-corrected chi connectivity index (χ4v) is 2.08. The van der Waals surface area contributed by atoms with Gasteiger partial charge in [-0.2, -0.15) is 0 Å². The van der Waals surface area contributed by atoms with Crippen LogP contribution in [0.25, 0.3) is 0 Å². The molecule has 0 aliphatic carbocycles. The lowest BCUT2D eigenvalue weighted by molar-refractivity contribution is -0.120. The number of hydrogen-bond acceptors (Lipinski definition) is 2. The molecule has 5 heteroatoms. The van der Waals surface area contributed by atoms with Gasteiger partial charge < -0.3 is 10.6 Å². The Morgan fingerprint density at radius 3 is 2.72 bits per heavy atom. The summed E-state index contributed by atoms with van der Waals surface area (Å²) in [6.07, 6.45) is -0.929. The first kappa shape index (κ1) is 13.0. The molecule has 1 amide bonds. The van der Waals surface area contributed by atoms with Crippen LogP contribution in [0.5, 0.6) is 0 Å². The molecule has 0 bridgehead atoms. The summed E-state index contributed by atoms with van der Waals surface area (Å²) >= 11 is 0. The number of piperidine rings is 1. The Hall–Kier alpha value is -1.49. The monoisotopic (exact) mass is 254 g/mol. The average Bonchev–Trinajstić information content (AvgIpc) is 2.40. The summed E-state index contributed by atoms with van der Waals surface area (Å²) in [5.41, 5.74) is 0.370. The smallest absolute Gasteiger partial charge is 0.263 e. The second kappa shape index (κ2) is 5.91. The van der Waals surface area contributed by atoms with Gasteiger partial charge in [-0.1, -0.05) is 12.1 Å². The molecule has 1 aliphatic heterocycles. The largest absolute Gasteiger partial charge is 0.326 e. The highest BCUT2D eigenvalue weighted by Gasteiger charge is 2.21. The highest BCUT2D eigenvalue weighted by atomic mass is 19.3. The predicted octanol–water partition coefficient (Wildman–Crippen LogP) is 2.56. The molecule has 1 heterocycles. The molecule has 1 aromatic carbocycles. The van der Waals surface area contributed by atoms with Crippen molar-refractivity contribution in [1.29, 1.82) is 0 Å². The number of benzene rings is 1. The van der Waals surface area contributed by atoms with Crippen molar-refractivity contribution in [2.45, 2.75) is 19.3 Å². The van der Waals surface area contributed by atoms with E-state index in [0.29, 0.717) is 5.69 Å². The first-order chi connectivity index (χ1) is 8.66. The Labute approximate surface area is 105 Å². The molecule has 0 unspecified atom stereocenters. The molecule has 98 valence electrons. The number of carbonyl (C=O) groups is 1. The molecule has 0 radical (unpaired) electrons. The fraction of sp³-hybridized carbons (Fsp3) is 0.462. The summed E-state index contributed by atoms with van der Waals surface area (Å²) in [5.74, 6) is -0.107. The van der Waals surface area contributed by atoms with Crippen molar-refractivity contribution in [3.05, 3.63) is 29.8 Å². The lowest BCUT2D eigenvalue weighted by Crippen LogP contribution is -2.34. The molecule has 1 saturated heterocycles. The minimum Gasteiger partial charge on any atom is -0.326 e. The molecular formula is C13H16F2N2O. The van der Waals surface area contributed by atoms with Gasteiger partial charge in [0.2, 0.25) is 5.91 Å². The summed E-state index contributed by atoms with van der Waals surface area (Å²) in [5, 5.41) is 5.89. The van der Waals surface area contributed by atoms with Gasteiger partial charge in [-0.05, 0) is 38.1 Å². The van der Waals surface area contributed by atoms with E-state index in [1.807, 2.05) is 0 Å². The Morgan fingerprint density at radius 2 is 2.06 bits per heavy atom. The van der Waals surface area contributed by atoms with Crippen molar-refractivity contribution in [3.8, 4) is 0 Å². The third-order valence-electron chi connectivity index (χ3n) is 3.12. The molecule has 1 fully saturated rings. The molecule has 0 atom stereocenters. The van der Waals surface area contributed by atoms with E-state index >= 15 is 0 Å². The average molecular weight is 254 g/mol. The van der Waals surface area contributed by atoms with Gasteiger partial charge in [-0.25, -0.2) is 8.78 Å². The highest BCUT2D eigenvalue weighted by Crippen LogP contribution is 2.22. The summed E-state index contributed by atoms with van der Waals surface area (Å²) in [7, 11) is 0. The van der Waals surface area contributed by atoms with E-state index in [-0.39, 0.29) is 17.4 Å². The van der Waals surface area contributed by atoms with E-state index in [0.717, 1.165) is 25.9 Å². The van der Waals surface area contributed by atoms with Crippen molar-refractivity contribution in [1.82, 2.24) is 5.32 Å². The van der Waals surface area contributed by atoms with Crippen molar-refractivity contribution < 1.29 is 13.6 Å². The quantitative estimate of drug-likeness (QED) is 0.870. The first-order valence-corrected chi connectivity index (χ1v) is 6.06. The van der Waals surface area contributed by atoms with Gasteiger partial charge in [0, 0.05) is 17.2 Å². The standard InChI is InChI=1S/C13H16F2N2O/c14-12(15)10-2-1-3-11(8-10)17-13(18)9-4-6-16-7-5-9/h1-3,8-9,12,16H,4-7H2,(H,17,18). The fourth-order valence-electron chi connectivity index (χ4n) is 2.08. The van der Waals surface area contributed by atoms with Gasteiger partial charge in [-0.3, -0.25) is 4.79 Å². The number of nitrogens with one attached hydrogen (secondary N) is 2. The van der Waals surface area contributed by atoms with Gasteiger partial charge >= 0.3 is 0 Å². The SMILES string of the molecule is O=C(Nc1cccc(C(F)F)c1)C1CCNCC1. The van der Waals surface area contributed by atoms with E-state index in [2.05, 4.69) is 10.6 Å². The third kappa shape index (κ3) is 3.26. The van der Waals surface area contributed by atoms with Crippen molar-refractivity contribution in [2.24, 2.45) is 5.92 Å². The van der Waals surface area contributed by atoms with E-state index in [1.54, 1.807) is 6.07 Å². The van der Waals surface area contributed by atoms with Crippen LogP contribution in [0, 0.1) is 5.92 Å². The molecular weight excluding hydrogens is 238 g/mol. The van der Waals surface area contributed by atoms with E-state index in [4.69, 9.17) is 0 Å².